The third-order valence-electron chi connectivity index (χ3n) is 4.87. The summed E-state index contributed by atoms with van der Waals surface area (Å²) in [6.07, 6.45) is 2.18. The molecule has 0 atom stereocenters. The van der Waals surface area contributed by atoms with Gasteiger partial charge in [-0.15, -0.1) is 22.7 Å². The Kier molecular flexibility index (Phi) is 3.02. The van der Waals surface area contributed by atoms with Gasteiger partial charge in [-0.2, -0.15) is 4.57 Å². The second-order valence-corrected chi connectivity index (χ2v) is 8.02. The zero-order valence-electron chi connectivity index (χ0n) is 13.5. The van der Waals surface area contributed by atoms with Gasteiger partial charge in [0.2, 0.25) is 5.69 Å². The highest BCUT2D eigenvalue weighted by atomic mass is 32.1. The lowest BCUT2D eigenvalue weighted by Gasteiger charge is -2.11. The number of aryl methyl sites for hydroxylation is 2. The summed E-state index contributed by atoms with van der Waals surface area (Å²) in [5.74, 6) is 0. The molecule has 0 bridgehead atoms. The lowest BCUT2D eigenvalue weighted by atomic mass is 9.94. The molecular formula is C21H16NS2+. The molecule has 0 aliphatic heterocycles. The van der Waals surface area contributed by atoms with Crippen molar-refractivity contribution >= 4 is 53.6 Å². The molecule has 0 fully saturated rings. The molecule has 0 amide bonds. The minimum absolute atomic E-state index is 1.32. The van der Waals surface area contributed by atoms with Crippen LogP contribution < -0.4 is 4.57 Å². The van der Waals surface area contributed by atoms with Crippen LogP contribution >= 0.6 is 22.7 Å². The Hall–Kier alpha value is -2.23. The molecule has 0 saturated carbocycles. The van der Waals surface area contributed by atoms with Gasteiger partial charge in [-0.05, 0) is 46.2 Å². The first-order chi connectivity index (χ1) is 11.8. The summed E-state index contributed by atoms with van der Waals surface area (Å²) in [4.78, 5) is 0. The van der Waals surface area contributed by atoms with E-state index in [1.54, 1.807) is 0 Å². The molecule has 24 heavy (non-hydrogen) atoms. The van der Waals surface area contributed by atoms with Crippen molar-refractivity contribution in [2.24, 2.45) is 7.05 Å². The van der Waals surface area contributed by atoms with Gasteiger partial charge in [0.05, 0.1) is 5.56 Å². The maximum Gasteiger partial charge on any atom is 0.232 e. The van der Waals surface area contributed by atoms with Gasteiger partial charge in [0.25, 0.3) is 0 Å². The largest absolute Gasteiger partial charge is 0.232 e. The van der Waals surface area contributed by atoms with Crippen LogP contribution in [-0.2, 0) is 7.05 Å². The molecule has 0 N–H and O–H groups in total. The van der Waals surface area contributed by atoms with Gasteiger partial charge in [-0.1, -0.05) is 24.3 Å². The summed E-state index contributed by atoms with van der Waals surface area (Å²) in [7, 11) is 2.16. The van der Waals surface area contributed by atoms with E-state index in [2.05, 4.69) is 78.0 Å². The number of pyridine rings is 1. The lowest BCUT2D eigenvalue weighted by Crippen LogP contribution is -2.30. The van der Waals surface area contributed by atoms with Crippen molar-refractivity contribution in [1.29, 1.82) is 0 Å². The van der Waals surface area contributed by atoms with Crippen LogP contribution in [0.5, 0.6) is 0 Å². The molecule has 2 aromatic carbocycles. The maximum absolute atomic E-state index is 2.27. The summed E-state index contributed by atoms with van der Waals surface area (Å²) in [5.41, 5.74) is 4.09. The molecule has 0 spiro atoms. The Morgan fingerprint density at radius 3 is 2.42 bits per heavy atom. The molecule has 1 nitrogen and oxygen atoms in total. The highest BCUT2D eigenvalue weighted by Gasteiger charge is 2.23. The number of nitrogens with zero attached hydrogens (tertiary/aromatic N) is 1. The van der Waals surface area contributed by atoms with E-state index in [4.69, 9.17) is 0 Å². The topological polar surface area (TPSA) is 3.88 Å². The molecule has 5 rings (SSSR count). The smallest absolute Gasteiger partial charge is 0.200 e. The Morgan fingerprint density at radius 1 is 0.792 bits per heavy atom. The molecule has 0 aliphatic carbocycles. The van der Waals surface area contributed by atoms with Gasteiger partial charge in [0, 0.05) is 21.5 Å². The van der Waals surface area contributed by atoms with Crippen molar-refractivity contribution in [2.75, 3.05) is 0 Å². The van der Waals surface area contributed by atoms with Crippen molar-refractivity contribution in [3.8, 4) is 11.3 Å². The van der Waals surface area contributed by atoms with Crippen molar-refractivity contribution in [2.45, 2.75) is 6.92 Å². The molecule has 3 heterocycles. The van der Waals surface area contributed by atoms with E-state index in [9.17, 15) is 0 Å². The SMILES string of the molecule is Cc1c(-c2c3sccc3cc[n+]2C)c2sccc2c2ccccc12. The summed E-state index contributed by atoms with van der Waals surface area (Å²) in [6.45, 7) is 2.27. The fourth-order valence-corrected chi connectivity index (χ4v) is 5.70. The van der Waals surface area contributed by atoms with Gasteiger partial charge < -0.3 is 0 Å². The zero-order chi connectivity index (χ0) is 16.3. The zero-order valence-corrected chi connectivity index (χ0v) is 15.2. The molecule has 116 valence electrons. The Balaban J connectivity index is 2.06. The summed E-state index contributed by atoms with van der Waals surface area (Å²) in [6, 6.07) is 15.5. The van der Waals surface area contributed by atoms with Crippen LogP contribution in [0.2, 0.25) is 0 Å². The third kappa shape index (κ3) is 1.83. The van der Waals surface area contributed by atoms with Crippen molar-refractivity contribution in [1.82, 2.24) is 0 Å². The highest BCUT2D eigenvalue weighted by Crippen LogP contribution is 2.42. The predicted octanol–water partition coefficient (Wildman–Crippen LogP) is 6.07. The van der Waals surface area contributed by atoms with Gasteiger partial charge >= 0.3 is 0 Å². The second-order valence-electron chi connectivity index (χ2n) is 6.19. The van der Waals surface area contributed by atoms with E-state index in [1.165, 1.54) is 47.8 Å². The van der Waals surface area contributed by atoms with E-state index in [-0.39, 0.29) is 0 Å². The molecule has 3 heteroatoms. The molecule has 0 saturated heterocycles. The lowest BCUT2D eigenvalue weighted by molar-refractivity contribution is -0.659. The average Bonchev–Trinajstić information content (AvgIpc) is 3.26. The molecule has 5 aromatic rings. The van der Waals surface area contributed by atoms with Crippen LogP contribution in [0.4, 0.5) is 0 Å². The molecular weight excluding hydrogens is 330 g/mol. The number of hydrogen-bond donors (Lipinski definition) is 0. The quantitative estimate of drug-likeness (QED) is 0.324. The van der Waals surface area contributed by atoms with E-state index < -0.39 is 0 Å². The molecule has 0 unspecified atom stereocenters. The number of aromatic nitrogens is 1. The van der Waals surface area contributed by atoms with Gasteiger partial charge in [0.1, 0.15) is 11.7 Å². The van der Waals surface area contributed by atoms with E-state index in [1.807, 2.05) is 22.7 Å². The maximum atomic E-state index is 2.27. The van der Waals surface area contributed by atoms with Crippen LogP contribution in [0.1, 0.15) is 5.56 Å². The monoisotopic (exact) mass is 346 g/mol. The third-order valence-corrected chi connectivity index (χ3v) is 6.74. The summed E-state index contributed by atoms with van der Waals surface area (Å²) < 4.78 is 5.03. The van der Waals surface area contributed by atoms with Crippen LogP contribution in [-0.4, -0.2) is 0 Å². The van der Waals surface area contributed by atoms with Crippen molar-refractivity contribution in [3.63, 3.8) is 0 Å². The summed E-state index contributed by atoms with van der Waals surface area (Å²) in [5, 5.41) is 9.81. The minimum Gasteiger partial charge on any atom is -0.200 e. The number of benzene rings is 2. The van der Waals surface area contributed by atoms with Crippen LogP contribution in [0, 0.1) is 6.92 Å². The van der Waals surface area contributed by atoms with E-state index in [0.29, 0.717) is 0 Å². The minimum atomic E-state index is 1.32. The van der Waals surface area contributed by atoms with Gasteiger partial charge in [-0.3, -0.25) is 0 Å². The highest BCUT2D eigenvalue weighted by molar-refractivity contribution is 7.19. The second kappa shape index (κ2) is 5.13. The fourth-order valence-electron chi connectivity index (χ4n) is 3.71. The van der Waals surface area contributed by atoms with Gasteiger partial charge in [0.15, 0.2) is 6.20 Å². The van der Waals surface area contributed by atoms with Crippen molar-refractivity contribution < 1.29 is 4.57 Å². The predicted molar refractivity (Wildman–Crippen MR) is 106 cm³/mol. The summed E-state index contributed by atoms with van der Waals surface area (Å²) >= 11 is 3.68. The molecule has 0 aliphatic rings. The normalized spacial score (nSPS) is 11.8. The number of hydrogen-bond acceptors (Lipinski definition) is 2. The average molecular weight is 347 g/mol. The number of rotatable bonds is 1. The number of thiophene rings is 2. The molecule has 3 aromatic heterocycles. The Bertz CT molecular complexity index is 1230. The Labute approximate surface area is 148 Å². The van der Waals surface area contributed by atoms with Crippen LogP contribution in [0.15, 0.2) is 59.4 Å². The standard InChI is InChI=1S/C21H16NS2/c1-13-15-5-3-4-6-16(15)17-9-12-24-21(17)18(13)19-20-14(8-11-23-20)7-10-22(19)2/h3-12H,1-2H3/q+1. The first-order valence-corrected chi connectivity index (χ1v) is 9.76. The van der Waals surface area contributed by atoms with Crippen molar-refractivity contribution in [3.05, 3.63) is 65.0 Å². The van der Waals surface area contributed by atoms with E-state index >= 15 is 0 Å². The van der Waals surface area contributed by atoms with Crippen LogP contribution in [0.25, 0.3) is 42.2 Å². The van der Waals surface area contributed by atoms with E-state index in [0.717, 1.165) is 0 Å². The van der Waals surface area contributed by atoms with Gasteiger partial charge in [-0.25, -0.2) is 0 Å². The first kappa shape index (κ1) is 14.1. The number of fused-ring (bicyclic) bond motifs is 4. The first-order valence-electron chi connectivity index (χ1n) is 8.00. The van der Waals surface area contributed by atoms with Crippen LogP contribution in [0.3, 0.4) is 0 Å². The molecule has 0 radical (unpaired) electrons. The Morgan fingerprint density at radius 2 is 1.54 bits per heavy atom. The fraction of sp³-hybridized carbons (Fsp3) is 0.0952.